The number of fused-ring (bicyclic) bond motifs is 1. The Balaban J connectivity index is 1.52. The van der Waals surface area contributed by atoms with Crippen molar-refractivity contribution in [1.82, 2.24) is 10.4 Å². The van der Waals surface area contributed by atoms with Gasteiger partial charge in [-0.2, -0.15) is 5.10 Å². The summed E-state index contributed by atoms with van der Waals surface area (Å²) in [6.07, 6.45) is 3.31. The molecule has 1 amide bonds. The van der Waals surface area contributed by atoms with Crippen molar-refractivity contribution in [2.75, 3.05) is 4.72 Å². The second-order valence-corrected chi connectivity index (χ2v) is 8.71. The van der Waals surface area contributed by atoms with Gasteiger partial charge in [-0.1, -0.05) is 41.9 Å². The molecule has 9 heteroatoms. The molecule has 0 aliphatic heterocycles. The number of hydrazone groups is 1. The summed E-state index contributed by atoms with van der Waals surface area (Å²) in [7, 11) is -3.90. The Bertz CT molecular complexity index is 1380. The van der Waals surface area contributed by atoms with Gasteiger partial charge in [0.2, 0.25) is 0 Å². The lowest BCUT2D eigenvalue weighted by Crippen LogP contribution is -2.21. The lowest BCUT2D eigenvalue weighted by molar-refractivity contribution is 0.0956. The van der Waals surface area contributed by atoms with Crippen LogP contribution in [0.4, 0.5) is 5.69 Å². The number of aromatic amines is 1. The monoisotopic (exact) mass is 452 g/mol. The van der Waals surface area contributed by atoms with Crippen LogP contribution in [0.1, 0.15) is 15.9 Å². The van der Waals surface area contributed by atoms with Crippen LogP contribution in [0.5, 0.6) is 0 Å². The largest absolute Gasteiger partial charge is 0.361 e. The highest BCUT2D eigenvalue weighted by Crippen LogP contribution is 2.21. The predicted molar refractivity (Wildman–Crippen MR) is 122 cm³/mol. The van der Waals surface area contributed by atoms with Gasteiger partial charge in [-0.3, -0.25) is 9.52 Å². The summed E-state index contributed by atoms with van der Waals surface area (Å²) >= 11 is 5.82. The van der Waals surface area contributed by atoms with Crippen molar-refractivity contribution >= 4 is 50.3 Å². The van der Waals surface area contributed by atoms with Gasteiger partial charge in [0.1, 0.15) is 0 Å². The second-order valence-electron chi connectivity index (χ2n) is 6.59. The number of anilines is 1. The molecule has 3 aromatic carbocycles. The first-order valence-electron chi connectivity index (χ1n) is 9.21. The molecule has 1 heterocycles. The van der Waals surface area contributed by atoms with Gasteiger partial charge in [-0.25, -0.2) is 13.8 Å². The number of benzene rings is 3. The number of para-hydroxylation sites is 2. The third-order valence-electron chi connectivity index (χ3n) is 4.53. The number of nitrogens with one attached hydrogen (secondary N) is 3. The van der Waals surface area contributed by atoms with Gasteiger partial charge < -0.3 is 4.98 Å². The van der Waals surface area contributed by atoms with Gasteiger partial charge in [0.05, 0.1) is 22.4 Å². The van der Waals surface area contributed by atoms with E-state index < -0.39 is 15.9 Å². The molecule has 0 radical (unpaired) electrons. The zero-order valence-corrected chi connectivity index (χ0v) is 17.6. The topological polar surface area (TPSA) is 103 Å². The molecule has 0 aliphatic rings. The van der Waals surface area contributed by atoms with E-state index in [9.17, 15) is 13.2 Å². The summed E-state index contributed by atoms with van der Waals surface area (Å²) in [5.74, 6) is -0.550. The SMILES string of the molecule is O=C(NN=Cc1c[nH]c2ccccc12)c1ccccc1NS(=O)(=O)c1ccc(Cl)cc1. The maximum Gasteiger partial charge on any atom is 0.273 e. The molecule has 0 spiro atoms. The Morgan fingerprint density at radius 2 is 1.68 bits per heavy atom. The fourth-order valence-corrected chi connectivity index (χ4v) is 4.21. The molecule has 4 rings (SSSR count). The smallest absolute Gasteiger partial charge is 0.273 e. The molecule has 4 aromatic rings. The highest BCUT2D eigenvalue weighted by molar-refractivity contribution is 7.92. The van der Waals surface area contributed by atoms with E-state index in [1.165, 1.54) is 42.6 Å². The molecule has 0 saturated carbocycles. The fraction of sp³-hybridized carbons (Fsp3) is 0. The zero-order chi connectivity index (χ0) is 21.8. The van der Waals surface area contributed by atoms with Gasteiger partial charge in [-0.15, -0.1) is 0 Å². The summed E-state index contributed by atoms with van der Waals surface area (Å²) in [6, 6.07) is 19.7. The van der Waals surface area contributed by atoms with E-state index in [1.54, 1.807) is 18.3 Å². The average molecular weight is 453 g/mol. The Kier molecular flexibility index (Phi) is 5.75. The third kappa shape index (κ3) is 4.60. The van der Waals surface area contributed by atoms with E-state index in [1.807, 2.05) is 24.3 Å². The van der Waals surface area contributed by atoms with Crippen LogP contribution in [0.2, 0.25) is 5.02 Å². The summed E-state index contributed by atoms with van der Waals surface area (Å²) in [6.45, 7) is 0. The van der Waals surface area contributed by atoms with Crippen molar-refractivity contribution in [3.05, 3.63) is 95.1 Å². The molecule has 0 fully saturated rings. The van der Waals surface area contributed by atoms with Crippen molar-refractivity contribution in [3.63, 3.8) is 0 Å². The van der Waals surface area contributed by atoms with Crippen molar-refractivity contribution in [2.24, 2.45) is 5.10 Å². The minimum absolute atomic E-state index is 0.0319. The maximum absolute atomic E-state index is 12.7. The lowest BCUT2D eigenvalue weighted by Gasteiger charge is -2.11. The molecule has 0 bridgehead atoms. The van der Waals surface area contributed by atoms with Crippen molar-refractivity contribution in [2.45, 2.75) is 4.90 Å². The van der Waals surface area contributed by atoms with Crippen LogP contribution in [0.3, 0.4) is 0 Å². The molecule has 1 aromatic heterocycles. The summed E-state index contributed by atoms with van der Waals surface area (Å²) in [5.41, 5.74) is 4.48. The zero-order valence-electron chi connectivity index (χ0n) is 16.0. The molecular weight excluding hydrogens is 436 g/mol. The van der Waals surface area contributed by atoms with Gasteiger partial charge in [0.15, 0.2) is 0 Å². The number of sulfonamides is 1. The number of amides is 1. The lowest BCUT2D eigenvalue weighted by atomic mass is 10.2. The standard InChI is InChI=1S/C22H17ClN4O3S/c23-16-9-11-17(12-10-16)31(29,30)27-21-8-4-2-6-19(21)22(28)26-25-14-15-13-24-20-7-3-1-5-18(15)20/h1-14,24,27H,(H,26,28). The average Bonchev–Trinajstić information content (AvgIpc) is 3.17. The van der Waals surface area contributed by atoms with Crippen LogP contribution >= 0.6 is 11.6 Å². The molecule has 0 unspecified atom stereocenters. The molecule has 0 aliphatic carbocycles. The molecule has 156 valence electrons. The van der Waals surface area contributed by atoms with Gasteiger partial charge in [-0.05, 0) is 42.5 Å². The second kappa shape index (κ2) is 8.63. The molecule has 7 nitrogen and oxygen atoms in total. The molecular formula is C22H17ClN4O3S. The Labute approximate surface area is 183 Å². The van der Waals surface area contributed by atoms with Crippen LogP contribution in [0.25, 0.3) is 10.9 Å². The number of hydrogen-bond acceptors (Lipinski definition) is 4. The number of aromatic nitrogens is 1. The predicted octanol–water partition coefficient (Wildman–Crippen LogP) is 4.39. The summed E-state index contributed by atoms with van der Waals surface area (Å²) < 4.78 is 27.8. The van der Waals surface area contributed by atoms with Crippen molar-refractivity contribution in [3.8, 4) is 0 Å². The number of rotatable bonds is 6. The minimum Gasteiger partial charge on any atom is -0.361 e. The first kappa shape index (κ1) is 20.6. The fourth-order valence-electron chi connectivity index (χ4n) is 3.01. The molecule has 0 atom stereocenters. The van der Waals surface area contributed by atoms with Gasteiger partial charge in [0, 0.05) is 27.7 Å². The van der Waals surface area contributed by atoms with E-state index in [4.69, 9.17) is 11.6 Å². The number of halogens is 1. The first-order valence-corrected chi connectivity index (χ1v) is 11.1. The quantitative estimate of drug-likeness (QED) is 0.298. The summed E-state index contributed by atoms with van der Waals surface area (Å²) in [5, 5.41) is 5.40. The van der Waals surface area contributed by atoms with E-state index in [2.05, 4.69) is 20.2 Å². The van der Waals surface area contributed by atoms with Crippen LogP contribution in [-0.2, 0) is 10.0 Å². The number of nitrogens with zero attached hydrogens (tertiary/aromatic N) is 1. The Morgan fingerprint density at radius 3 is 2.48 bits per heavy atom. The Morgan fingerprint density at radius 1 is 0.968 bits per heavy atom. The minimum atomic E-state index is -3.90. The third-order valence-corrected chi connectivity index (χ3v) is 6.16. The highest BCUT2D eigenvalue weighted by atomic mass is 35.5. The van der Waals surface area contributed by atoms with Gasteiger partial charge >= 0.3 is 0 Å². The van der Waals surface area contributed by atoms with E-state index in [-0.39, 0.29) is 16.1 Å². The van der Waals surface area contributed by atoms with Gasteiger partial charge in [0.25, 0.3) is 15.9 Å². The normalized spacial score (nSPS) is 11.6. The van der Waals surface area contributed by atoms with E-state index in [0.717, 1.165) is 16.5 Å². The van der Waals surface area contributed by atoms with Crippen LogP contribution in [-0.4, -0.2) is 25.5 Å². The number of carbonyl (C=O) groups excluding carboxylic acids is 1. The van der Waals surface area contributed by atoms with Crippen LogP contribution in [0.15, 0.2) is 89.0 Å². The van der Waals surface area contributed by atoms with Crippen LogP contribution < -0.4 is 10.1 Å². The Hall–Kier alpha value is -3.62. The first-order chi connectivity index (χ1) is 14.9. The number of H-pyrrole nitrogens is 1. The maximum atomic E-state index is 12.7. The molecule has 3 N–H and O–H groups in total. The number of carbonyl (C=O) groups is 1. The van der Waals surface area contributed by atoms with Crippen LogP contribution in [0, 0.1) is 0 Å². The number of hydrogen-bond donors (Lipinski definition) is 3. The van der Waals surface area contributed by atoms with E-state index in [0.29, 0.717) is 5.02 Å². The molecule has 31 heavy (non-hydrogen) atoms. The van der Waals surface area contributed by atoms with Crippen molar-refractivity contribution in [1.29, 1.82) is 0 Å². The van der Waals surface area contributed by atoms with Crippen molar-refractivity contribution < 1.29 is 13.2 Å². The highest BCUT2D eigenvalue weighted by Gasteiger charge is 2.18. The molecule has 0 saturated heterocycles. The van der Waals surface area contributed by atoms with E-state index >= 15 is 0 Å². The summed E-state index contributed by atoms with van der Waals surface area (Å²) in [4.78, 5) is 15.8.